The van der Waals surface area contributed by atoms with E-state index < -0.39 is 10.0 Å². The van der Waals surface area contributed by atoms with Gasteiger partial charge in [-0.25, -0.2) is 18.1 Å². The highest BCUT2D eigenvalue weighted by Gasteiger charge is 2.28. The molecule has 1 fully saturated rings. The van der Waals surface area contributed by atoms with Crippen molar-refractivity contribution in [2.45, 2.75) is 42.7 Å². The summed E-state index contributed by atoms with van der Waals surface area (Å²) in [5, 5.41) is 0. The Kier molecular flexibility index (Phi) is 6.18. The van der Waals surface area contributed by atoms with Crippen LogP contribution in [-0.4, -0.2) is 39.8 Å². The topological polar surface area (TPSA) is 86.8 Å². The predicted molar refractivity (Wildman–Crippen MR) is 101 cm³/mol. The molecular weight excluding hydrogens is 368 g/mol. The summed E-state index contributed by atoms with van der Waals surface area (Å²) >= 11 is 0. The smallest absolute Gasteiger partial charge is 0.244 e. The molecule has 0 bridgehead atoms. The minimum atomic E-state index is -3.72. The minimum Gasteiger partial charge on any atom is -0.497 e. The summed E-state index contributed by atoms with van der Waals surface area (Å²) in [4.78, 5) is 4.25. The molecule has 1 heterocycles. The highest BCUT2D eigenvalue weighted by atomic mass is 32.2. The summed E-state index contributed by atoms with van der Waals surface area (Å²) in [5.41, 5.74) is 0. The lowest BCUT2D eigenvalue weighted by Crippen LogP contribution is -2.39. The van der Waals surface area contributed by atoms with Gasteiger partial charge < -0.3 is 14.2 Å². The summed E-state index contributed by atoms with van der Waals surface area (Å²) in [5.74, 6) is 1.35. The van der Waals surface area contributed by atoms with Gasteiger partial charge >= 0.3 is 0 Å². The fourth-order valence-electron chi connectivity index (χ4n) is 3.16. The molecule has 0 saturated heterocycles. The number of hydrogen-bond donors (Lipinski definition) is 1. The normalized spacial score (nSPS) is 20.1. The summed E-state index contributed by atoms with van der Waals surface area (Å²) in [6.07, 6.45) is 4.66. The Labute approximate surface area is 159 Å². The van der Waals surface area contributed by atoms with Gasteiger partial charge in [-0.2, -0.15) is 0 Å². The molecule has 1 aliphatic rings. The monoisotopic (exact) mass is 392 g/mol. The van der Waals surface area contributed by atoms with Crippen LogP contribution in [0.3, 0.4) is 0 Å². The highest BCUT2D eigenvalue weighted by Crippen LogP contribution is 2.30. The third-order valence-corrected chi connectivity index (χ3v) is 6.12. The zero-order valence-corrected chi connectivity index (χ0v) is 16.2. The van der Waals surface area contributed by atoms with Gasteiger partial charge in [0.25, 0.3) is 0 Å². The molecule has 0 spiro atoms. The third kappa shape index (κ3) is 4.90. The number of benzene rings is 1. The average molecular weight is 392 g/mol. The van der Waals surface area contributed by atoms with Crippen LogP contribution in [0.4, 0.5) is 0 Å². The molecule has 2 aromatic rings. The molecule has 0 amide bonds. The Morgan fingerprint density at radius 1 is 1.04 bits per heavy atom. The van der Waals surface area contributed by atoms with E-state index in [-0.39, 0.29) is 22.8 Å². The van der Waals surface area contributed by atoms with Crippen molar-refractivity contribution in [3.63, 3.8) is 0 Å². The van der Waals surface area contributed by atoms with Crippen molar-refractivity contribution in [1.29, 1.82) is 0 Å². The first-order chi connectivity index (χ1) is 13.0. The van der Waals surface area contributed by atoms with Gasteiger partial charge in [0.05, 0.1) is 14.2 Å². The highest BCUT2D eigenvalue weighted by molar-refractivity contribution is 7.89. The van der Waals surface area contributed by atoms with Crippen LogP contribution in [0, 0.1) is 0 Å². The van der Waals surface area contributed by atoms with Gasteiger partial charge in [0.1, 0.15) is 22.5 Å². The van der Waals surface area contributed by atoms with Crippen LogP contribution in [0.1, 0.15) is 25.7 Å². The number of rotatable bonds is 7. The van der Waals surface area contributed by atoms with E-state index in [1.54, 1.807) is 18.3 Å². The number of ether oxygens (including phenoxy) is 3. The van der Waals surface area contributed by atoms with Crippen LogP contribution < -0.4 is 18.9 Å². The van der Waals surface area contributed by atoms with E-state index >= 15 is 0 Å². The fourth-order valence-corrected chi connectivity index (χ4v) is 4.65. The van der Waals surface area contributed by atoms with E-state index in [0.717, 1.165) is 12.8 Å². The molecule has 1 aromatic carbocycles. The third-order valence-electron chi connectivity index (χ3n) is 4.58. The lowest BCUT2D eigenvalue weighted by Gasteiger charge is -2.29. The van der Waals surface area contributed by atoms with Crippen molar-refractivity contribution >= 4 is 10.0 Å². The second-order valence-electron chi connectivity index (χ2n) is 6.40. The van der Waals surface area contributed by atoms with E-state index in [1.807, 2.05) is 18.2 Å². The molecule has 0 unspecified atom stereocenters. The lowest BCUT2D eigenvalue weighted by atomic mass is 9.94. The molecule has 1 aliphatic carbocycles. The number of pyridine rings is 1. The quantitative estimate of drug-likeness (QED) is 0.780. The molecule has 0 atom stereocenters. The van der Waals surface area contributed by atoms with Crippen LogP contribution in [0.5, 0.6) is 17.4 Å². The Morgan fingerprint density at radius 3 is 2.44 bits per heavy atom. The number of hydrogen-bond acceptors (Lipinski definition) is 6. The average Bonchev–Trinajstić information content (AvgIpc) is 2.69. The molecule has 1 aromatic heterocycles. The molecule has 27 heavy (non-hydrogen) atoms. The molecule has 1 saturated carbocycles. The van der Waals surface area contributed by atoms with E-state index in [1.165, 1.54) is 20.3 Å². The molecule has 7 nitrogen and oxygen atoms in total. The van der Waals surface area contributed by atoms with E-state index in [0.29, 0.717) is 24.5 Å². The van der Waals surface area contributed by atoms with Crippen LogP contribution in [-0.2, 0) is 10.0 Å². The van der Waals surface area contributed by atoms with Crippen LogP contribution in [0.2, 0.25) is 0 Å². The number of sulfonamides is 1. The second-order valence-corrected chi connectivity index (χ2v) is 8.08. The zero-order chi connectivity index (χ0) is 19.3. The van der Waals surface area contributed by atoms with Crippen molar-refractivity contribution in [3.8, 4) is 17.4 Å². The first-order valence-corrected chi connectivity index (χ1v) is 10.3. The van der Waals surface area contributed by atoms with Crippen molar-refractivity contribution in [2.24, 2.45) is 0 Å². The van der Waals surface area contributed by atoms with Gasteiger partial charge in [0.15, 0.2) is 0 Å². The molecular formula is C19H24N2O5S. The Bertz CT molecular complexity index is 850. The van der Waals surface area contributed by atoms with Gasteiger partial charge in [-0.15, -0.1) is 0 Å². The number of methoxy groups -OCH3 is 2. The molecule has 8 heteroatoms. The Balaban J connectivity index is 1.63. The largest absolute Gasteiger partial charge is 0.497 e. The first kappa shape index (κ1) is 19.4. The van der Waals surface area contributed by atoms with Crippen molar-refractivity contribution in [1.82, 2.24) is 9.71 Å². The Hall–Kier alpha value is -2.32. The van der Waals surface area contributed by atoms with Gasteiger partial charge in [-0.05, 0) is 43.9 Å². The number of aromatic nitrogens is 1. The van der Waals surface area contributed by atoms with Gasteiger partial charge in [0.2, 0.25) is 15.9 Å². The summed E-state index contributed by atoms with van der Waals surface area (Å²) in [6, 6.07) is 10.1. The maximum atomic E-state index is 12.8. The molecule has 0 aliphatic heterocycles. The predicted octanol–water partition coefficient (Wildman–Crippen LogP) is 2.77. The first-order valence-electron chi connectivity index (χ1n) is 8.84. The molecule has 3 rings (SSSR count). The van der Waals surface area contributed by atoms with E-state index in [2.05, 4.69) is 9.71 Å². The van der Waals surface area contributed by atoms with Crippen molar-refractivity contribution in [3.05, 3.63) is 42.6 Å². The molecule has 1 N–H and O–H groups in total. The van der Waals surface area contributed by atoms with Crippen molar-refractivity contribution in [2.75, 3.05) is 14.2 Å². The van der Waals surface area contributed by atoms with Gasteiger partial charge in [0, 0.05) is 24.4 Å². The summed E-state index contributed by atoms with van der Waals surface area (Å²) < 4.78 is 44.7. The van der Waals surface area contributed by atoms with E-state index in [9.17, 15) is 8.42 Å². The van der Waals surface area contributed by atoms with Gasteiger partial charge in [-0.1, -0.05) is 6.07 Å². The molecule has 0 radical (unpaired) electrons. The van der Waals surface area contributed by atoms with Gasteiger partial charge in [-0.3, -0.25) is 0 Å². The fraction of sp³-hybridized carbons (Fsp3) is 0.421. The van der Waals surface area contributed by atoms with Crippen LogP contribution >= 0.6 is 0 Å². The lowest BCUT2D eigenvalue weighted by molar-refractivity contribution is 0.138. The van der Waals surface area contributed by atoms with E-state index in [4.69, 9.17) is 14.2 Å². The Morgan fingerprint density at radius 2 is 1.81 bits per heavy atom. The second kappa shape index (κ2) is 8.58. The maximum absolute atomic E-state index is 12.8. The van der Waals surface area contributed by atoms with Crippen LogP contribution in [0.15, 0.2) is 47.5 Å². The summed E-state index contributed by atoms with van der Waals surface area (Å²) in [6.45, 7) is 0. The standard InChI is InChI=1S/C19H24N2O5S/c1-24-16-10-11-17(25-2)18(13-16)27(22,23)21-14-6-8-15(9-7-14)26-19-5-3-4-12-20-19/h3-5,10-15,21H,6-9H2,1-2H3. The molecule has 146 valence electrons. The van der Waals surface area contributed by atoms with Crippen molar-refractivity contribution < 1.29 is 22.6 Å². The maximum Gasteiger partial charge on any atom is 0.244 e. The SMILES string of the molecule is COc1ccc(OC)c(S(=O)(=O)NC2CCC(Oc3ccccn3)CC2)c1. The number of nitrogens with one attached hydrogen (secondary N) is 1. The zero-order valence-electron chi connectivity index (χ0n) is 15.4. The summed E-state index contributed by atoms with van der Waals surface area (Å²) in [7, 11) is -0.780. The number of nitrogens with zero attached hydrogens (tertiary/aromatic N) is 1. The van der Waals surface area contributed by atoms with Crippen LogP contribution in [0.25, 0.3) is 0 Å². The minimum absolute atomic E-state index is 0.0482.